The first-order chi connectivity index (χ1) is 11.5. The number of carbonyl (C=O) groups is 1. The Kier molecular flexibility index (Phi) is 4.81. The van der Waals surface area contributed by atoms with E-state index in [0.29, 0.717) is 4.57 Å². The van der Waals surface area contributed by atoms with Crippen LogP contribution in [0.1, 0.15) is 28.3 Å². The second-order valence-corrected chi connectivity index (χ2v) is 6.36. The van der Waals surface area contributed by atoms with E-state index >= 15 is 0 Å². The normalized spacial score (nSPS) is 30.8. The zero-order chi connectivity index (χ0) is 19.0. The molecule has 1 saturated heterocycles. The average Bonchev–Trinajstić information content (AvgIpc) is 2.76. The number of nitrogens with zero attached hydrogens (tertiary/aromatic N) is 2. The summed E-state index contributed by atoms with van der Waals surface area (Å²) in [4.78, 5) is 27.2. The minimum absolute atomic E-state index is 0.159. The van der Waals surface area contributed by atoms with E-state index in [1.54, 1.807) is 26.3 Å². The fourth-order valence-electron chi connectivity index (χ4n) is 1.98. The molecule has 134 valence electrons. The van der Waals surface area contributed by atoms with Crippen molar-refractivity contribution in [3.63, 3.8) is 0 Å². The van der Waals surface area contributed by atoms with Crippen molar-refractivity contribution in [1.29, 1.82) is 0 Å². The molecule has 0 spiro atoms. The average molecular weight is 344 g/mol. The van der Waals surface area contributed by atoms with Crippen molar-refractivity contribution >= 4 is 11.8 Å². The molecule has 2 heterocycles. The molecule has 10 nitrogen and oxygen atoms in total. The van der Waals surface area contributed by atoms with Gasteiger partial charge in [-0.05, 0) is 26.8 Å². The Balaban J connectivity index is 2.20. The third-order valence-corrected chi connectivity index (χ3v) is 3.38. The molecule has 1 aromatic heterocycles. The van der Waals surface area contributed by atoms with Crippen molar-refractivity contribution < 1.29 is 31.1 Å². The number of carbonyl (C=O) groups excluding carboxylic acids is 1. The molecule has 0 unspecified atom stereocenters. The van der Waals surface area contributed by atoms with Crippen molar-refractivity contribution in [3.05, 3.63) is 22.7 Å². The molecule has 4 N–H and O–H groups in total. The van der Waals surface area contributed by atoms with Crippen molar-refractivity contribution in [2.24, 2.45) is 5.41 Å². The fraction of sp³-hybridized carbons (Fsp3) is 0.643. The van der Waals surface area contributed by atoms with Crippen LogP contribution in [0.2, 0.25) is 0 Å². The van der Waals surface area contributed by atoms with Gasteiger partial charge in [0.2, 0.25) is 0 Å². The summed E-state index contributed by atoms with van der Waals surface area (Å²) in [7, 11) is 0. The molecule has 24 heavy (non-hydrogen) atoms. The molecule has 0 amide bonds. The lowest BCUT2D eigenvalue weighted by atomic mass is 9.97. The Labute approximate surface area is 139 Å². The molecule has 0 saturated carbocycles. The second kappa shape index (κ2) is 6.85. The number of nitrogens with one attached hydrogen (secondary N) is 1. The van der Waals surface area contributed by atoms with E-state index in [4.69, 9.17) is 16.1 Å². The summed E-state index contributed by atoms with van der Waals surface area (Å²) < 4.78 is 19.2. The van der Waals surface area contributed by atoms with Gasteiger partial charge in [-0.3, -0.25) is 20.0 Å². The number of esters is 1. The van der Waals surface area contributed by atoms with E-state index in [-0.39, 0.29) is 5.82 Å². The molecule has 0 radical (unpaired) electrons. The Bertz CT molecular complexity index is 704. The highest BCUT2D eigenvalue weighted by atomic mass is 16.6. The van der Waals surface area contributed by atoms with Gasteiger partial charge in [0.25, 0.3) is 0 Å². The van der Waals surface area contributed by atoms with Crippen LogP contribution in [0.15, 0.2) is 17.1 Å². The van der Waals surface area contributed by atoms with E-state index in [1.165, 1.54) is 6.07 Å². The molecule has 10 heteroatoms. The van der Waals surface area contributed by atoms with E-state index in [9.17, 15) is 19.8 Å². The van der Waals surface area contributed by atoms with E-state index < -0.39 is 48.2 Å². The van der Waals surface area contributed by atoms with Gasteiger partial charge in [-0.2, -0.15) is 4.98 Å². The minimum atomic E-state index is -2.36. The summed E-state index contributed by atoms with van der Waals surface area (Å²) in [5.41, 5.74) is -0.0847. The van der Waals surface area contributed by atoms with Gasteiger partial charge in [0, 0.05) is 6.20 Å². The van der Waals surface area contributed by atoms with E-state index in [1.807, 2.05) is 0 Å². The standard InChI is InChI=1S/C14H21N3O7/c1-14(2,3)12(20)23-6-7-9(18)10(19)11(24-7)17-5-4-8(16-22)15-13(17)21/h4-5,7,9-11,18-19,22H,6H2,1-3H3,(H,15,16,21)/t7-,9-,10-,11-/m1/s1/i11D. The highest BCUT2D eigenvalue weighted by Crippen LogP contribution is 2.29. The van der Waals surface area contributed by atoms with Gasteiger partial charge in [-0.1, -0.05) is 0 Å². The third-order valence-electron chi connectivity index (χ3n) is 3.38. The molecule has 0 bridgehead atoms. The van der Waals surface area contributed by atoms with Crippen molar-refractivity contribution in [1.82, 2.24) is 9.55 Å². The van der Waals surface area contributed by atoms with E-state index in [0.717, 1.165) is 6.20 Å². The lowest BCUT2D eigenvalue weighted by molar-refractivity contribution is -0.159. The maximum atomic E-state index is 12.0. The molecule has 2 rings (SSSR count). The molecular weight excluding hydrogens is 322 g/mol. The van der Waals surface area contributed by atoms with Crippen molar-refractivity contribution in [2.75, 3.05) is 12.1 Å². The zero-order valence-electron chi connectivity index (χ0n) is 14.5. The fourth-order valence-corrected chi connectivity index (χ4v) is 1.98. The maximum Gasteiger partial charge on any atom is 0.351 e. The van der Waals surface area contributed by atoms with Crippen LogP contribution in [0, 0.1) is 5.41 Å². The Morgan fingerprint density at radius 3 is 2.71 bits per heavy atom. The Morgan fingerprint density at radius 1 is 1.50 bits per heavy atom. The molecule has 0 aromatic carbocycles. The number of hydrogen-bond donors (Lipinski definition) is 4. The molecule has 1 fully saturated rings. The van der Waals surface area contributed by atoms with Gasteiger partial charge >= 0.3 is 11.7 Å². The van der Waals surface area contributed by atoms with Crippen molar-refractivity contribution in [2.45, 2.75) is 45.3 Å². The number of aliphatic hydroxyl groups excluding tert-OH is 2. The second-order valence-electron chi connectivity index (χ2n) is 6.36. The molecule has 4 atom stereocenters. The summed E-state index contributed by atoms with van der Waals surface area (Å²) in [6.45, 7) is 4.54. The number of aliphatic hydroxyl groups is 2. The summed E-state index contributed by atoms with van der Waals surface area (Å²) in [6.07, 6.45) is -5.86. The summed E-state index contributed by atoms with van der Waals surface area (Å²) in [5.74, 6) is -0.703. The van der Waals surface area contributed by atoms with Crippen molar-refractivity contribution in [3.8, 4) is 0 Å². The number of aromatic nitrogens is 2. The molecule has 0 aliphatic carbocycles. The molecule has 1 aromatic rings. The third kappa shape index (κ3) is 3.73. The monoisotopic (exact) mass is 344 g/mol. The van der Waals surface area contributed by atoms with Crippen LogP contribution in [0.3, 0.4) is 0 Å². The van der Waals surface area contributed by atoms with Gasteiger partial charge in [-0.25, -0.2) is 4.79 Å². The first kappa shape index (κ1) is 16.8. The number of ether oxygens (including phenoxy) is 2. The minimum Gasteiger partial charge on any atom is -0.462 e. The first-order valence-corrected chi connectivity index (χ1v) is 7.22. The largest absolute Gasteiger partial charge is 0.462 e. The maximum absolute atomic E-state index is 12.0. The Morgan fingerprint density at radius 2 is 2.17 bits per heavy atom. The lowest BCUT2D eigenvalue weighted by Gasteiger charge is -2.20. The first-order valence-electron chi connectivity index (χ1n) is 7.72. The highest BCUT2D eigenvalue weighted by Gasteiger charge is 2.45. The summed E-state index contributed by atoms with van der Waals surface area (Å²) in [6, 6.07) is 1.17. The van der Waals surface area contributed by atoms with Gasteiger partial charge in [-0.15, -0.1) is 0 Å². The van der Waals surface area contributed by atoms with Crippen LogP contribution in [-0.4, -0.2) is 55.9 Å². The summed E-state index contributed by atoms with van der Waals surface area (Å²) in [5, 5.41) is 29.0. The van der Waals surface area contributed by atoms with Crippen LogP contribution in [-0.2, 0) is 14.3 Å². The number of anilines is 1. The van der Waals surface area contributed by atoms with Crippen LogP contribution >= 0.6 is 0 Å². The topological polar surface area (TPSA) is 143 Å². The van der Waals surface area contributed by atoms with E-state index in [2.05, 4.69) is 4.98 Å². The molecular formula is C14H21N3O7. The zero-order valence-corrected chi connectivity index (χ0v) is 13.5. The highest BCUT2D eigenvalue weighted by molar-refractivity contribution is 5.75. The number of rotatable bonds is 4. The van der Waals surface area contributed by atoms with Crippen LogP contribution in [0.4, 0.5) is 5.82 Å². The van der Waals surface area contributed by atoms with Crippen LogP contribution in [0.5, 0.6) is 0 Å². The van der Waals surface area contributed by atoms with Gasteiger partial charge < -0.3 is 19.7 Å². The number of hydrogen-bond acceptors (Lipinski definition) is 9. The SMILES string of the molecule is [2H][C@@]1(n2ccc(NO)nc2=O)O[C@H](COC(=O)C(C)(C)C)[C@@H](O)[C@H]1O. The molecule has 1 aliphatic heterocycles. The van der Waals surface area contributed by atoms with Gasteiger partial charge in [0.15, 0.2) is 12.0 Å². The predicted octanol–water partition coefficient (Wildman–Crippen LogP) is -0.747. The Hall–Kier alpha value is -2.01. The lowest BCUT2D eigenvalue weighted by Crippen LogP contribution is -2.37. The summed E-state index contributed by atoms with van der Waals surface area (Å²) >= 11 is 0. The quantitative estimate of drug-likeness (QED) is 0.410. The molecule has 1 aliphatic rings. The van der Waals surface area contributed by atoms with Crippen LogP contribution < -0.4 is 11.2 Å². The van der Waals surface area contributed by atoms with Gasteiger partial charge in [0.1, 0.15) is 24.9 Å². The van der Waals surface area contributed by atoms with Crippen LogP contribution in [0.25, 0.3) is 0 Å². The predicted molar refractivity (Wildman–Crippen MR) is 80.2 cm³/mol. The smallest absolute Gasteiger partial charge is 0.351 e. The van der Waals surface area contributed by atoms with Gasteiger partial charge in [0.05, 0.1) is 6.79 Å².